The van der Waals surface area contributed by atoms with Crippen LogP contribution in [-0.4, -0.2) is 32.7 Å². The molecule has 0 fully saturated rings. The second-order valence-corrected chi connectivity index (χ2v) is 4.43. The normalized spacial score (nSPS) is 9.76. The van der Waals surface area contributed by atoms with Crippen molar-refractivity contribution in [2.75, 3.05) is 26.8 Å². The maximum atomic E-state index is 11.5. The summed E-state index contributed by atoms with van der Waals surface area (Å²) < 4.78 is 10.7. The van der Waals surface area contributed by atoms with E-state index in [1.807, 2.05) is 18.2 Å². The number of terminal acetylenes is 1. The van der Waals surface area contributed by atoms with Crippen LogP contribution in [0.3, 0.4) is 0 Å². The zero-order valence-corrected chi connectivity index (χ0v) is 12.6. The Bertz CT molecular complexity index is 495. The number of rotatable bonds is 9. The Morgan fingerprint density at radius 1 is 1.38 bits per heavy atom. The summed E-state index contributed by atoms with van der Waals surface area (Å²) in [5.41, 5.74) is 1.07. The molecule has 0 spiro atoms. The van der Waals surface area contributed by atoms with Crippen LogP contribution in [0.5, 0.6) is 11.5 Å². The lowest BCUT2D eigenvalue weighted by atomic mass is 10.2. The van der Waals surface area contributed by atoms with Crippen molar-refractivity contribution in [3.05, 3.63) is 23.8 Å². The number of ether oxygens (including phenoxy) is 2. The Hall–Kier alpha value is -2.19. The molecule has 2 N–H and O–H groups in total. The van der Waals surface area contributed by atoms with Crippen molar-refractivity contribution in [2.45, 2.75) is 19.9 Å². The average Bonchev–Trinajstić information content (AvgIpc) is 2.51. The van der Waals surface area contributed by atoms with Gasteiger partial charge in [-0.15, -0.1) is 6.42 Å². The lowest BCUT2D eigenvalue weighted by molar-refractivity contribution is -0.122. The van der Waals surface area contributed by atoms with E-state index in [0.29, 0.717) is 11.5 Å². The SMILES string of the molecule is C#CCNC(=O)COc1cc(CNCCC)ccc1OC. The van der Waals surface area contributed by atoms with Gasteiger partial charge in [-0.2, -0.15) is 0 Å². The lowest BCUT2D eigenvalue weighted by Gasteiger charge is -2.12. The molecule has 0 aliphatic carbocycles. The first kappa shape index (κ1) is 16.9. The Kier molecular flexibility index (Phi) is 7.77. The smallest absolute Gasteiger partial charge is 0.258 e. The molecule has 0 unspecified atom stereocenters. The molecular weight excluding hydrogens is 268 g/mol. The molecule has 0 aromatic heterocycles. The summed E-state index contributed by atoms with van der Waals surface area (Å²) in [6, 6.07) is 5.67. The van der Waals surface area contributed by atoms with Crippen molar-refractivity contribution in [1.29, 1.82) is 0 Å². The predicted octanol–water partition coefficient (Wildman–Crippen LogP) is 1.32. The standard InChI is InChI=1S/C16H22N2O3/c1-4-8-17-11-13-6-7-14(20-3)15(10-13)21-12-16(19)18-9-5-2/h2,6-7,10,17H,4,8-9,11-12H2,1,3H3,(H,18,19). The summed E-state index contributed by atoms with van der Waals surface area (Å²) in [6.45, 7) is 3.92. The molecule has 1 aromatic rings. The van der Waals surface area contributed by atoms with Gasteiger partial charge in [0.05, 0.1) is 13.7 Å². The number of carbonyl (C=O) groups excluding carboxylic acids is 1. The average molecular weight is 290 g/mol. The topological polar surface area (TPSA) is 59.6 Å². The number of hydrogen-bond donors (Lipinski definition) is 2. The molecule has 0 heterocycles. The van der Waals surface area contributed by atoms with E-state index in [1.54, 1.807) is 7.11 Å². The zero-order chi connectivity index (χ0) is 15.5. The zero-order valence-electron chi connectivity index (χ0n) is 12.6. The van der Waals surface area contributed by atoms with Crippen LogP contribution in [0.1, 0.15) is 18.9 Å². The fraction of sp³-hybridized carbons (Fsp3) is 0.438. The molecule has 0 radical (unpaired) electrons. The molecule has 114 valence electrons. The van der Waals surface area contributed by atoms with Gasteiger partial charge < -0.3 is 20.1 Å². The Morgan fingerprint density at radius 2 is 2.19 bits per heavy atom. The van der Waals surface area contributed by atoms with Crippen LogP contribution in [0, 0.1) is 12.3 Å². The van der Waals surface area contributed by atoms with Gasteiger partial charge in [-0.3, -0.25) is 4.79 Å². The Balaban J connectivity index is 2.63. The van der Waals surface area contributed by atoms with Gasteiger partial charge in [0.1, 0.15) is 0 Å². The first-order valence-corrected chi connectivity index (χ1v) is 6.91. The largest absolute Gasteiger partial charge is 0.493 e. The number of benzene rings is 1. The quantitative estimate of drug-likeness (QED) is 0.532. The third-order valence-corrected chi connectivity index (χ3v) is 2.73. The fourth-order valence-corrected chi connectivity index (χ4v) is 1.70. The van der Waals surface area contributed by atoms with Crippen LogP contribution in [0.2, 0.25) is 0 Å². The van der Waals surface area contributed by atoms with Gasteiger partial charge in [-0.1, -0.05) is 18.9 Å². The van der Waals surface area contributed by atoms with E-state index in [4.69, 9.17) is 15.9 Å². The van der Waals surface area contributed by atoms with Crippen LogP contribution in [-0.2, 0) is 11.3 Å². The molecule has 0 bridgehead atoms. The van der Waals surface area contributed by atoms with Crippen LogP contribution in [0.15, 0.2) is 18.2 Å². The van der Waals surface area contributed by atoms with Gasteiger partial charge in [0.2, 0.25) is 0 Å². The number of carbonyl (C=O) groups is 1. The molecule has 1 amide bonds. The molecule has 1 rings (SSSR count). The molecule has 5 heteroatoms. The van der Waals surface area contributed by atoms with E-state index in [9.17, 15) is 4.79 Å². The first-order chi connectivity index (χ1) is 10.2. The molecule has 0 atom stereocenters. The number of amides is 1. The van der Waals surface area contributed by atoms with Crippen molar-refractivity contribution in [2.24, 2.45) is 0 Å². The minimum absolute atomic E-state index is 0.0934. The van der Waals surface area contributed by atoms with Crippen molar-refractivity contribution in [3.63, 3.8) is 0 Å². The molecule has 5 nitrogen and oxygen atoms in total. The lowest BCUT2D eigenvalue weighted by Crippen LogP contribution is -2.29. The fourth-order valence-electron chi connectivity index (χ4n) is 1.70. The van der Waals surface area contributed by atoms with Gasteiger partial charge in [-0.25, -0.2) is 0 Å². The highest BCUT2D eigenvalue weighted by atomic mass is 16.5. The third-order valence-electron chi connectivity index (χ3n) is 2.73. The summed E-state index contributed by atoms with van der Waals surface area (Å²) in [7, 11) is 1.57. The second kappa shape index (κ2) is 9.67. The van der Waals surface area contributed by atoms with Crippen LogP contribution in [0.25, 0.3) is 0 Å². The summed E-state index contributed by atoms with van der Waals surface area (Å²) >= 11 is 0. The summed E-state index contributed by atoms with van der Waals surface area (Å²) in [6.07, 6.45) is 6.15. The number of hydrogen-bond acceptors (Lipinski definition) is 4. The monoisotopic (exact) mass is 290 g/mol. The van der Waals surface area contributed by atoms with Crippen molar-refractivity contribution < 1.29 is 14.3 Å². The summed E-state index contributed by atoms with van der Waals surface area (Å²) in [5, 5.41) is 5.85. The molecule has 21 heavy (non-hydrogen) atoms. The van der Waals surface area contributed by atoms with Gasteiger partial charge in [0.25, 0.3) is 5.91 Å². The molecule has 0 saturated heterocycles. The van der Waals surface area contributed by atoms with Gasteiger partial charge in [-0.05, 0) is 30.7 Å². The van der Waals surface area contributed by atoms with E-state index in [1.165, 1.54) is 0 Å². The maximum Gasteiger partial charge on any atom is 0.258 e. The molecular formula is C16H22N2O3. The van der Waals surface area contributed by atoms with Crippen molar-refractivity contribution in [3.8, 4) is 23.8 Å². The van der Waals surface area contributed by atoms with Gasteiger partial charge in [0, 0.05) is 6.54 Å². The van der Waals surface area contributed by atoms with Gasteiger partial charge >= 0.3 is 0 Å². The molecule has 0 aliphatic heterocycles. The second-order valence-electron chi connectivity index (χ2n) is 4.43. The van der Waals surface area contributed by atoms with Crippen molar-refractivity contribution >= 4 is 5.91 Å². The predicted molar refractivity (Wildman–Crippen MR) is 82.3 cm³/mol. The third kappa shape index (κ3) is 6.19. The van der Waals surface area contributed by atoms with E-state index in [-0.39, 0.29) is 19.1 Å². The Morgan fingerprint density at radius 3 is 2.86 bits per heavy atom. The van der Waals surface area contributed by atoms with E-state index >= 15 is 0 Å². The highest BCUT2D eigenvalue weighted by Crippen LogP contribution is 2.27. The summed E-state index contributed by atoms with van der Waals surface area (Å²) in [5.74, 6) is 3.22. The van der Waals surface area contributed by atoms with Crippen LogP contribution < -0.4 is 20.1 Å². The number of nitrogens with one attached hydrogen (secondary N) is 2. The van der Waals surface area contributed by atoms with E-state index < -0.39 is 0 Å². The van der Waals surface area contributed by atoms with E-state index in [2.05, 4.69) is 23.5 Å². The minimum atomic E-state index is -0.260. The highest BCUT2D eigenvalue weighted by Gasteiger charge is 2.08. The van der Waals surface area contributed by atoms with Crippen LogP contribution in [0.4, 0.5) is 0 Å². The van der Waals surface area contributed by atoms with Gasteiger partial charge in [0.15, 0.2) is 18.1 Å². The first-order valence-electron chi connectivity index (χ1n) is 6.91. The Labute approximate surface area is 126 Å². The minimum Gasteiger partial charge on any atom is -0.493 e. The van der Waals surface area contributed by atoms with E-state index in [0.717, 1.165) is 25.1 Å². The number of methoxy groups -OCH3 is 1. The van der Waals surface area contributed by atoms with Crippen molar-refractivity contribution in [1.82, 2.24) is 10.6 Å². The molecule has 0 saturated carbocycles. The summed E-state index contributed by atoms with van der Waals surface area (Å²) in [4.78, 5) is 11.5. The maximum absolute atomic E-state index is 11.5. The highest BCUT2D eigenvalue weighted by molar-refractivity contribution is 5.77. The molecule has 0 aliphatic rings. The van der Waals surface area contributed by atoms with Crippen LogP contribution >= 0.6 is 0 Å². The molecule has 1 aromatic carbocycles.